The normalized spacial score (nSPS) is 12.5. The fourth-order valence-electron chi connectivity index (χ4n) is 2.88. The molecule has 6 nitrogen and oxygen atoms in total. The molecule has 1 amide bonds. The monoisotopic (exact) mass is 336 g/mol. The molecule has 0 saturated heterocycles. The van der Waals surface area contributed by atoms with Gasteiger partial charge < -0.3 is 14.2 Å². The highest BCUT2D eigenvalue weighted by atomic mass is 16.4. The lowest BCUT2D eigenvalue weighted by molar-refractivity contribution is -0.122. The minimum atomic E-state index is -0.548. The number of aromatic nitrogens is 1. The predicted octanol–water partition coefficient (Wildman–Crippen LogP) is 3.22. The molecule has 2 heterocycles. The Bertz CT molecular complexity index is 1090. The van der Waals surface area contributed by atoms with E-state index in [1.807, 2.05) is 37.3 Å². The number of carbonyl (C=O) groups is 1. The smallest absolute Gasteiger partial charge is 0.420 e. The lowest BCUT2D eigenvalue weighted by Crippen LogP contribution is -2.32. The van der Waals surface area contributed by atoms with Crippen LogP contribution in [0, 0.1) is 0 Å². The first-order chi connectivity index (χ1) is 12.1. The van der Waals surface area contributed by atoms with Gasteiger partial charge in [-0.15, -0.1) is 0 Å². The van der Waals surface area contributed by atoms with E-state index in [1.54, 1.807) is 24.3 Å². The molecule has 4 aromatic rings. The van der Waals surface area contributed by atoms with E-state index in [-0.39, 0.29) is 18.5 Å². The molecule has 0 unspecified atom stereocenters. The molecule has 0 saturated carbocycles. The van der Waals surface area contributed by atoms with Gasteiger partial charge in [-0.2, -0.15) is 0 Å². The van der Waals surface area contributed by atoms with Crippen LogP contribution in [0.25, 0.3) is 22.1 Å². The van der Waals surface area contributed by atoms with Gasteiger partial charge in [0.15, 0.2) is 5.58 Å². The molecule has 0 bridgehead atoms. The molecule has 4 rings (SSSR count). The summed E-state index contributed by atoms with van der Waals surface area (Å²) < 4.78 is 12.2. The molecule has 1 atom stereocenters. The first-order valence-corrected chi connectivity index (χ1v) is 7.98. The third kappa shape index (κ3) is 2.82. The summed E-state index contributed by atoms with van der Waals surface area (Å²) in [4.78, 5) is 24.3. The van der Waals surface area contributed by atoms with Crippen molar-refractivity contribution in [3.05, 3.63) is 70.9 Å². The molecule has 0 radical (unpaired) electrons. The SMILES string of the molecule is C[C@@H](NC(=O)Cn1c(=O)oc2ccccc21)c1cc2ccccc2o1. The molecule has 0 aliphatic carbocycles. The maximum Gasteiger partial charge on any atom is 0.420 e. The highest BCUT2D eigenvalue weighted by Crippen LogP contribution is 2.23. The minimum absolute atomic E-state index is 0.111. The van der Waals surface area contributed by atoms with Crippen molar-refractivity contribution in [2.24, 2.45) is 0 Å². The van der Waals surface area contributed by atoms with E-state index in [0.717, 1.165) is 11.0 Å². The Morgan fingerprint density at radius 1 is 1.08 bits per heavy atom. The maximum absolute atomic E-state index is 12.4. The largest absolute Gasteiger partial charge is 0.459 e. The van der Waals surface area contributed by atoms with E-state index in [9.17, 15) is 9.59 Å². The van der Waals surface area contributed by atoms with Crippen LogP contribution in [0.2, 0.25) is 0 Å². The molecule has 0 aliphatic heterocycles. The molecule has 0 fully saturated rings. The molecule has 126 valence electrons. The number of nitrogens with one attached hydrogen (secondary N) is 1. The van der Waals surface area contributed by atoms with E-state index < -0.39 is 5.76 Å². The summed E-state index contributed by atoms with van der Waals surface area (Å²) in [7, 11) is 0. The van der Waals surface area contributed by atoms with E-state index in [2.05, 4.69) is 5.32 Å². The van der Waals surface area contributed by atoms with Crippen LogP contribution in [0.4, 0.5) is 0 Å². The van der Waals surface area contributed by atoms with Crippen molar-refractivity contribution in [3.8, 4) is 0 Å². The summed E-state index contributed by atoms with van der Waals surface area (Å²) >= 11 is 0. The number of fused-ring (bicyclic) bond motifs is 2. The first kappa shape index (κ1) is 15.3. The Morgan fingerprint density at radius 3 is 2.60 bits per heavy atom. The zero-order valence-electron chi connectivity index (χ0n) is 13.6. The van der Waals surface area contributed by atoms with Crippen molar-refractivity contribution in [1.29, 1.82) is 0 Å². The lowest BCUT2D eigenvalue weighted by atomic mass is 10.2. The van der Waals surface area contributed by atoms with Gasteiger partial charge in [-0.25, -0.2) is 4.79 Å². The average Bonchev–Trinajstić information content (AvgIpc) is 3.16. The van der Waals surface area contributed by atoms with Gasteiger partial charge in [0.1, 0.15) is 17.9 Å². The Kier molecular flexibility index (Phi) is 3.65. The van der Waals surface area contributed by atoms with Gasteiger partial charge >= 0.3 is 5.76 Å². The molecule has 2 aromatic carbocycles. The number of amides is 1. The number of nitrogens with zero attached hydrogens (tertiary/aromatic N) is 1. The molecule has 1 N–H and O–H groups in total. The predicted molar refractivity (Wildman–Crippen MR) is 93.2 cm³/mol. The summed E-state index contributed by atoms with van der Waals surface area (Å²) in [5.74, 6) is -0.173. The number of para-hydroxylation sites is 3. The van der Waals surface area contributed by atoms with Crippen LogP contribution in [0.3, 0.4) is 0 Å². The zero-order chi connectivity index (χ0) is 17.4. The third-order valence-corrected chi connectivity index (χ3v) is 4.12. The fourth-order valence-corrected chi connectivity index (χ4v) is 2.88. The molecule has 0 spiro atoms. The molecular formula is C19H16N2O4. The average molecular weight is 336 g/mol. The first-order valence-electron chi connectivity index (χ1n) is 7.98. The Hall–Kier alpha value is -3.28. The summed E-state index contributed by atoms with van der Waals surface area (Å²) in [6, 6.07) is 16.3. The molecule has 25 heavy (non-hydrogen) atoms. The number of hydrogen-bond acceptors (Lipinski definition) is 4. The summed E-state index contributed by atoms with van der Waals surface area (Å²) in [6.07, 6.45) is 0. The van der Waals surface area contributed by atoms with E-state index in [1.165, 1.54) is 4.57 Å². The summed E-state index contributed by atoms with van der Waals surface area (Å²) in [5.41, 5.74) is 1.83. The standard InChI is InChI=1S/C19H16N2O4/c1-12(17-10-13-6-2-4-8-15(13)24-17)20-18(22)11-21-14-7-3-5-9-16(14)25-19(21)23/h2-10,12H,11H2,1H3,(H,20,22)/t12-/m1/s1. The van der Waals surface area contributed by atoms with Crippen LogP contribution in [0.1, 0.15) is 18.7 Å². The van der Waals surface area contributed by atoms with Crippen molar-refractivity contribution in [2.45, 2.75) is 19.5 Å². The Labute approximate surface area is 142 Å². The summed E-state index contributed by atoms with van der Waals surface area (Å²) in [5, 5.41) is 3.84. The highest BCUT2D eigenvalue weighted by Gasteiger charge is 2.17. The fraction of sp³-hybridized carbons (Fsp3) is 0.158. The van der Waals surface area contributed by atoms with E-state index >= 15 is 0 Å². The van der Waals surface area contributed by atoms with Gasteiger partial charge in [0.2, 0.25) is 5.91 Å². The topological polar surface area (TPSA) is 77.4 Å². The van der Waals surface area contributed by atoms with Crippen LogP contribution in [-0.4, -0.2) is 10.5 Å². The van der Waals surface area contributed by atoms with Crippen LogP contribution in [0.5, 0.6) is 0 Å². The molecule has 2 aromatic heterocycles. The lowest BCUT2D eigenvalue weighted by Gasteiger charge is -2.11. The van der Waals surface area contributed by atoms with Gasteiger partial charge in [-0.1, -0.05) is 30.3 Å². The number of carbonyl (C=O) groups excluding carboxylic acids is 1. The van der Waals surface area contributed by atoms with Gasteiger partial charge in [0, 0.05) is 5.39 Å². The Balaban J connectivity index is 1.53. The second kappa shape index (κ2) is 5.98. The quantitative estimate of drug-likeness (QED) is 0.621. The molecule has 6 heteroatoms. The minimum Gasteiger partial charge on any atom is -0.459 e. The van der Waals surface area contributed by atoms with E-state index in [0.29, 0.717) is 16.9 Å². The van der Waals surface area contributed by atoms with Crippen LogP contribution in [-0.2, 0) is 11.3 Å². The Morgan fingerprint density at radius 2 is 1.80 bits per heavy atom. The van der Waals surface area contributed by atoms with Gasteiger partial charge in [0.05, 0.1) is 11.6 Å². The molecular weight excluding hydrogens is 320 g/mol. The molecule has 0 aliphatic rings. The van der Waals surface area contributed by atoms with Crippen molar-refractivity contribution in [3.63, 3.8) is 0 Å². The van der Waals surface area contributed by atoms with Gasteiger partial charge in [0.25, 0.3) is 0 Å². The van der Waals surface area contributed by atoms with Crippen LogP contribution in [0.15, 0.2) is 68.2 Å². The van der Waals surface area contributed by atoms with Gasteiger partial charge in [-0.05, 0) is 31.2 Å². The van der Waals surface area contributed by atoms with Crippen molar-refractivity contribution < 1.29 is 13.6 Å². The van der Waals surface area contributed by atoms with Crippen LogP contribution < -0.4 is 11.1 Å². The second-order valence-electron chi connectivity index (χ2n) is 5.90. The number of benzene rings is 2. The van der Waals surface area contributed by atoms with Gasteiger partial charge in [-0.3, -0.25) is 9.36 Å². The number of rotatable bonds is 4. The van der Waals surface area contributed by atoms with Crippen LogP contribution >= 0.6 is 0 Å². The third-order valence-electron chi connectivity index (χ3n) is 4.12. The zero-order valence-corrected chi connectivity index (χ0v) is 13.6. The summed E-state index contributed by atoms with van der Waals surface area (Å²) in [6.45, 7) is 1.73. The van der Waals surface area contributed by atoms with Crippen molar-refractivity contribution >= 4 is 28.0 Å². The van der Waals surface area contributed by atoms with Crippen molar-refractivity contribution in [1.82, 2.24) is 9.88 Å². The maximum atomic E-state index is 12.4. The van der Waals surface area contributed by atoms with E-state index in [4.69, 9.17) is 8.83 Å². The number of oxazole rings is 1. The second-order valence-corrected chi connectivity index (χ2v) is 5.90. The number of hydrogen-bond donors (Lipinski definition) is 1. The highest BCUT2D eigenvalue weighted by molar-refractivity contribution is 5.80. The number of furan rings is 1. The van der Waals surface area contributed by atoms with Crippen molar-refractivity contribution in [2.75, 3.05) is 0 Å².